The van der Waals surface area contributed by atoms with Gasteiger partial charge in [0.15, 0.2) is 0 Å². The van der Waals surface area contributed by atoms with E-state index in [1.54, 1.807) is 0 Å². The van der Waals surface area contributed by atoms with Crippen LogP contribution in [0.3, 0.4) is 0 Å². The molecular weight excluding hydrogens is 494 g/mol. The van der Waals surface area contributed by atoms with E-state index in [9.17, 15) is 0 Å². The molecule has 0 fully saturated rings. The number of benzene rings is 8. The van der Waals surface area contributed by atoms with Gasteiger partial charge >= 0.3 is 0 Å². The van der Waals surface area contributed by atoms with Gasteiger partial charge in [-0.05, 0) is 95.7 Å². The summed E-state index contributed by atoms with van der Waals surface area (Å²) in [5.41, 5.74) is 7.42. The highest BCUT2D eigenvalue weighted by molar-refractivity contribution is 6.22. The maximum absolute atomic E-state index is 3.67. The highest BCUT2D eigenvalue weighted by Gasteiger charge is 2.17. The number of hydrogen-bond donors (Lipinski definition) is 1. The van der Waals surface area contributed by atoms with E-state index in [1.165, 1.54) is 87.1 Å². The second-order valence-corrected chi connectivity index (χ2v) is 11.0. The van der Waals surface area contributed by atoms with E-state index in [1.807, 2.05) is 0 Å². The smallest absolute Gasteiger partial charge is 0.0471 e. The average Bonchev–Trinajstić information content (AvgIpc) is 3.38. The third-order valence-corrected chi connectivity index (χ3v) is 8.72. The Hall–Kier alpha value is -5.40. The van der Waals surface area contributed by atoms with Crippen molar-refractivity contribution in [2.45, 2.75) is 0 Å². The number of fused-ring (bicyclic) bond motifs is 7. The number of aromatic nitrogens is 1. The molecule has 0 atom stereocenters. The van der Waals surface area contributed by atoms with Crippen LogP contribution in [0, 0.1) is 0 Å². The van der Waals surface area contributed by atoms with Crippen LogP contribution in [0.25, 0.3) is 87.1 Å². The first-order valence-electron chi connectivity index (χ1n) is 14.2. The summed E-state index contributed by atoms with van der Waals surface area (Å²) in [5, 5.41) is 12.7. The fraction of sp³-hybridized carbons (Fsp3) is 0. The lowest BCUT2D eigenvalue weighted by molar-refractivity contribution is 1.55. The minimum Gasteiger partial charge on any atom is -0.354 e. The first-order valence-corrected chi connectivity index (χ1v) is 14.2. The van der Waals surface area contributed by atoms with Crippen LogP contribution in [0.15, 0.2) is 146 Å². The molecule has 190 valence electrons. The predicted octanol–water partition coefficient (Wildman–Crippen LogP) is 11.3. The monoisotopic (exact) mass is 519 g/mol. The van der Waals surface area contributed by atoms with Crippen LogP contribution in [0.1, 0.15) is 0 Å². The van der Waals surface area contributed by atoms with E-state index in [2.05, 4.69) is 151 Å². The molecule has 0 aliphatic rings. The summed E-state index contributed by atoms with van der Waals surface area (Å²) < 4.78 is 0. The average molecular weight is 520 g/mol. The van der Waals surface area contributed by atoms with E-state index in [-0.39, 0.29) is 0 Å². The Bertz CT molecular complexity index is 2420. The Balaban J connectivity index is 1.36. The molecule has 9 aromatic rings. The second-order valence-electron chi connectivity index (χ2n) is 11.0. The van der Waals surface area contributed by atoms with Crippen LogP contribution in [-0.2, 0) is 0 Å². The Morgan fingerprint density at radius 3 is 1.39 bits per heavy atom. The molecule has 0 saturated heterocycles. The van der Waals surface area contributed by atoms with Gasteiger partial charge in [-0.3, -0.25) is 0 Å². The van der Waals surface area contributed by atoms with Crippen molar-refractivity contribution >= 4 is 64.9 Å². The minimum atomic E-state index is 1.17. The third kappa shape index (κ3) is 3.36. The fourth-order valence-electron chi connectivity index (χ4n) is 6.84. The zero-order valence-corrected chi connectivity index (χ0v) is 22.4. The maximum atomic E-state index is 3.67. The normalized spacial score (nSPS) is 11.9. The van der Waals surface area contributed by atoms with E-state index in [0.717, 1.165) is 0 Å². The van der Waals surface area contributed by atoms with Crippen molar-refractivity contribution in [3.05, 3.63) is 146 Å². The number of nitrogens with one attached hydrogen (secondary N) is 1. The van der Waals surface area contributed by atoms with Gasteiger partial charge in [0.1, 0.15) is 0 Å². The van der Waals surface area contributed by atoms with Gasteiger partial charge in [0.2, 0.25) is 0 Å². The highest BCUT2D eigenvalue weighted by atomic mass is 14.7. The molecule has 0 unspecified atom stereocenters. The van der Waals surface area contributed by atoms with Crippen molar-refractivity contribution < 1.29 is 0 Å². The molecule has 0 aliphatic heterocycles. The molecule has 8 aromatic carbocycles. The molecule has 1 nitrogen and oxygen atoms in total. The van der Waals surface area contributed by atoms with Gasteiger partial charge in [-0.1, -0.05) is 115 Å². The molecule has 1 heteroatoms. The standard InChI is InChI=1S/C40H25N/c1-2-10-26-21-29(18-17-25(26)9-1)39-31-13-5-7-15-33(31)40(34-16-8-6-14-32(34)39)30-19-20-37-35(23-30)36-22-27-11-3-4-12-28(27)24-38(36)41-37/h1-24,41H. The molecule has 9 rings (SSSR count). The number of aromatic amines is 1. The van der Waals surface area contributed by atoms with Gasteiger partial charge < -0.3 is 4.98 Å². The van der Waals surface area contributed by atoms with Crippen molar-refractivity contribution in [1.29, 1.82) is 0 Å². The van der Waals surface area contributed by atoms with Gasteiger partial charge in [0.05, 0.1) is 0 Å². The lowest BCUT2D eigenvalue weighted by Crippen LogP contribution is -1.91. The summed E-state index contributed by atoms with van der Waals surface area (Å²) in [6.45, 7) is 0. The molecular formula is C40H25N. The summed E-state index contributed by atoms with van der Waals surface area (Å²) in [6.07, 6.45) is 0. The molecule has 1 heterocycles. The van der Waals surface area contributed by atoms with Crippen molar-refractivity contribution in [3.63, 3.8) is 0 Å². The SMILES string of the molecule is c1ccc2cc(-c3c4ccccc4c(-c4ccc5[nH]c6cc7ccccc7cc6c5c4)c4ccccc34)ccc2c1. The van der Waals surface area contributed by atoms with Crippen LogP contribution in [0.5, 0.6) is 0 Å². The van der Waals surface area contributed by atoms with Gasteiger partial charge in [-0.25, -0.2) is 0 Å². The Labute approximate surface area is 237 Å². The van der Waals surface area contributed by atoms with E-state index < -0.39 is 0 Å². The summed E-state index contributed by atoms with van der Waals surface area (Å²) in [6, 6.07) is 53.4. The van der Waals surface area contributed by atoms with Crippen molar-refractivity contribution in [2.75, 3.05) is 0 Å². The molecule has 1 aromatic heterocycles. The summed E-state index contributed by atoms with van der Waals surface area (Å²) in [4.78, 5) is 3.67. The van der Waals surface area contributed by atoms with E-state index in [0.29, 0.717) is 0 Å². The van der Waals surface area contributed by atoms with Gasteiger partial charge in [-0.2, -0.15) is 0 Å². The summed E-state index contributed by atoms with van der Waals surface area (Å²) in [7, 11) is 0. The van der Waals surface area contributed by atoms with Gasteiger partial charge in [-0.15, -0.1) is 0 Å². The van der Waals surface area contributed by atoms with Crippen LogP contribution in [-0.4, -0.2) is 4.98 Å². The topological polar surface area (TPSA) is 15.8 Å². The molecule has 41 heavy (non-hydrogen) atoms. The van der Waals surface area contributed by atoms with E-state index >= 15 is 0 Å². The molecule has 0 spiro atoms. The summed E-state index contributed by atoms with van der Waals surface area (Å²) in [5.74, 6) is 0. The molecule has 0 radical (unpaired) electrons. The lowest BCUT2D eigenvalue weighted by Gasteiger charge is -2.18. The predicted molar refractivity (Wildman–Crippen MR) is 177 cm³/mol. The molecule has 0 amide bonds. The van der Waals surface area contributed by atoms with Crippen molar-refractivity contribution in [3.8, 4) is 22.3 Å². The largest absolute Gasteiger partial charge is 0.354 e. The van der Waals surface area contributed by atoms with E-state index in [4.69, 9.17) is 0 Å². The maximum Gasteiger partial charge on any atom is 0.0471 e. The quantitative estimate of drug-likeness (QED) is 0.219. The Morgan fingerprint density at radius 2 is 0.756 bits per heavy atom. The molecule has 1 N–H and O–H groups in total. The first kappa shape index (κ1) is 22.4. The third-order valence-electron chi connectivity index (χ3n) is 8.72. The van der Waals surface area contributed by atoms with Crippen LogP contribution < -0.4 is 0 Å². The molecule has 0 saturated carbocycles. The summed E-state index contributed by atoms with van der Waals surface area (Å²) >= 11 is 0. The molecule has 0 bridgehead atoms. The zero-order chi connectivity index (χ0) is 26.9. The van der Waals surface area contributed by atoms with Gasteiger partial charge in [0.25, 0.3) is 0 Å². The fourth-order valence-corrected chi connectivity index (χ4v) is 6.84. The van der Waals surface area contributed by atoms with Crippen LogP contribution in [0.4, 0.5) is 0 Å². The minimum absolute atomic E-state index is 1.17. The van der Waals surface area contributed by atoms with Gasteiger partial charge in [0, 0.05) is 21.8 Å². The van der Waals surface area contributed by atoms with Crippen molar-refractivity contribution in [1.82, 2.24) is 4.98 Å². The highest BCUT2D eigenvalue weighted by Crippen LogP contribution is 2.45. The van der Waals surface area contributed by atoms with Crippen LogP contribution in [0.2, 0.25) is 0 Å². The number of hydrogen-bond acceptors (Lipinski definition) is 0. The first-order chi connectivity index (χ1) is 20.3. The number of rotatable bonds is 2. The molecule has 0 aliphatic carbocycles. The second kappa shape index (κ2) is 8.55. The van der Waals surface area contributed by atoms with Crippen molar-refractivity contribution in [2.24, 2.45) is 0 Å². The lowest BCUT2D eigenvalue weighted by atomic mass is 9.85. The Kier molecular flexibility index (Phi) is 4.67. The Morgan fingerprint density at radius 1 is 0.293 bits per heavy atom. The zero-order valence-electron chi connectivity index (χ0n) is 22.4. The van der Waals surface area contributed by atoms with Crippen LogP contribution >= 0.6 is 0 Å². The number of H-pyrrole nitrogens is 1.